The first-order valence-electron chi connectivity index (χ1n) is 10.4. The fourth-order valence-electron chi connectivity index (χ4n) is 4.00. The van der Waals surface area contributed by atoms with E-state index in [1.165, 1.54) is 18.5 Å². The number of amides is 2. The molecule has 8 heteroatoms. The van der Waals surface area contributed by atoms with Crippen molar-refractivity contribution in [2.75, 3.05) is 11.9 Å². The summed E-state index contributed by atoms with van der Waals surface area (Å²) in [6.07, 6.45) is 4.86. The Balaban J connectivity index is 1.48. The third-order valence-corrected chi connectivity index (χ3v) is 5.48. The number of carbonyl (C=O) groups is 2. The summed E-state index contributed by atoms with van der Waals surface area (Å²) < 4.78 is 2.45. The summed E-state index contributed by atoms with van der Waals surface area (Å²) in [7, 11) is 0. The molecule has 0 aliphatic carbocycles. The molecule has 4 rings (SSSR count). The van der Waals surface area contributed by atoms with E-state index in [1.807, 2.05) is 48.9 Å². The molecular formula is C23H25N5O3. The summed E-state index contributed by atoms with van der Waals surface area (Å²) in [5.41, 5.74) is 3.83. The number of hydrogen-bond donors (Lipinski definition) is 1. The van der Waals surface area contributed by atoms with Gasteiger partial charge in [0.15, 0.2) is 12.4 Å². The Bertz CT molecular complexity index is 1110. The van der Waals surface area contributed by atoms with Gasteiger partial charge in [-0.2, -0.15) is 9.83 Å². The molecule has 3 heterocycles. The fourth-order valence-corrected chi connectivity index (χ4v) is 4.00. The van der Waals surface area contributed by atoms with Gasteiger partial charge in [0.2, 0.25) is 5.91 Å². The smallest absolute Gasteiger partial charge is 0.260 e. The van der Waals surface area contributed by atoms with E-state index in [0.29, 0.717) is 23.4 Å². The van der Waals surface area contributed by atoms with Crippen LogP contribution in [0.3, 0.4) is 0 Å². The number of nitrogens with zero attached hydrogens (tertiary/aromatic N) is 4. The highest BCUT2D eigenvalue weighted by Crippen LogP contribution is 2.22. The average Bonchev–Trinajstić information content (AvgIpc) is 3.11. The van der Waals surface area contributed by atoms with Gasteiger partial charge in [-0.1, -0.05) is 0 Å². The van der Waals surface area contributed by atoms with Crippen molar-refractivity contribution < 1.29 is 14.3 Å². The Hall–Kier alpha value is -3.68. The summed E-state index contributed by atoms with van der Waals surface area (Å²) in [6.45, 7) is 4.42. The average molecular weight is 419 g/mol. The quantitative estimate of drug-likeness (QED) is 0.520. The first-order chi connectivity index (χ1) is 14.9. The van der Waals surface area contributed by atoms with E-state index in [-0.39, 0.29) is 17.4 Å². The van der Waals surface area contributed by atoms with Crippen LogP contribution in [0.1, 0.15) is 41.0 Å². The van der Waals surface area contributed by atoms with Gasteiger partial charge in [-0.05, 0) is 69.5 Å². The van der Waals surface area contributed by atoms with Crippen LogP contribution < -0.4 is 10.0 Å². The summed E-state index contributed by atoms with van der Waals surface area (Å²) in [4.78, 5) is 27.5. The van der Waals surface area contributed by atoms with Crippen LogP contribution in [0.25, 0.3) is 5.69 Å². The second-order valence-electron chi connectivity index (χ2n) is 7.84. The molecule has 0 unspecified atom stereocenters. The Morgan fingerprint density at radius 1 is 1.16 bits per heavy atom. The van der Waals surface area contributed by atoms with Crippen LogP contribution in [0.2, 0.25) is 0 Å². The number of anilines is 1. The first-order valence-corrected chi connectivity index (χ1v) is 10.4. The second kappa shape index (κ2) is 8.59. The van der Waals surface area contributed by atoms with Crippen molar-refractivity contribution in [2.45, 2.75) is 39.2 Å². The van der Waals surface area contributed by atoms with Gasteiger partial charge >= 0.3 is 0 Å². The highest BCUT2D eigenvalue weighted by Gasteiger charge is 2.33. The van der Waals surface area contributed by atoms with E-state index < -0.39 is 6.04 Å². The van der Waals surface area contributed by atoms with Crippen LogP contribution in [0, 0.1) is 19.1 Å². The minimum atomic E-state index is -0.572. The lowest BCUT2D eigenvalue weighted by Crippen LogP contribution is -2.50. The maximum absolute atomic E-state index is 13.0. The van der Waals surface area contributed by atoms with E-state index in [0.717, 1.165) is 29.9 Å². The molecule has 1 N–H and O–H groups in total. The molecule has 1 aliphatic rings. The molecule has 1 fully saturated rings. The van der Waals surface area contributed by atoms with E-state index in [9.17, 15) is 14.8 Å². The first kappa shape index (κ1) is 20.6. The fraction of sp³-hybridized carbons (Fsp3) is 0.304. The van der Waals surface area contributed by atoms with E-state index >= 15 is 0 Å². The Morgan fingerprint density at radius 3 is 2.61 bits per heavy atom. The van der Waals surface area contributed by atoms with Crippen molar-refractivity contribution in [3.63, 3.8) is 0 Å². The lowest BCUT2D eigenvalue weighted by Gasteiger charge is -2.34. The molecule has 31 heavy (non-hydrogen) atoms. The highest BCUT2D eigenvalue weighted by molar-refractivity contribution is 6.01. The van der Waals surface area contributed by atoms with Gasteiger partial charge in [-0.15, -0.1) is 0 Å². The summed E-state index contributed by atoms with van der Waals surface area (Å²) in [5.74, 6) is -0.525. The molecule has 0 spiro atoms. The normalized spacial score (nSPS) is 16.2. The minimum Gasteiger partial charge on any atom is -0.619 e. The van der Waals surface area contributed by atoms with Crippen LogP contribution >= 0.6 is 0 Å². The summed E-state index contributed by atoms with van der Waals surface area (Å²) in [5, 5.41) is 18.9. The Labute approximate surface area is 180 Å². The topological polar surface area (TPSA) is 94.2 Å². The second-order valence-corrected chi connectivity index (χ2v) is 7.84. The van der Waals surface area contributed by atoms with Gasteiger partial charge in [-0.25, -0.2) is 4.68 Å². The van der Waals surface area contributed by atoms with Gasteiger partial charge in [0.05, 0.1) is 11.4 Å². The largest absolute Gasteiger partial charge is 0.619 e. The zero-order chi connectivity index (χ0) is 22.0. The van der Waals surface area contributed by atoms with Gasteiger partial charge in [0, 0.05) is 24.0 Å². The van der Waals surface area contributed by atoms with Crippen LogP contribution in [-0.2, 0) is 4.79 Å². The van der Waals surface area contributed by atoms with Crippen molar-refractivity contribution in [3.8, 4) is 5.69 Å². The number of nitrogens with one attached hydrogen (secondary N) is 1. The lowest BCUT2D eigenvalue weighted by molar-refractivity contribution is -0.605. The standard InChI is InChI=1S/C23H25N5O3/c1-16-14-17(2)28(25-16)20-10-8-19(9-11-20)24-22(29)21-7-3-4-13-27(21)23(30)18-6-5-12-26(31)15-18/h5-6,8-12,14-15,21H,3-4,7,13H2,1-2H3,(H,24,29)/t21-/m0/s1. The molecule has 2 amide bonds. The number of aromatic nitrogens is 3. The molecule has 0 bridgehead atoms. The van der Waals surface area contributed by atoms with E-state index in [2.05, 4.69) is 10.4 Å². The number of likely N-dealkylation sites (tertiary alicyclic amines) is 1. The maximum atomic E-state index is 13.0. The maximum Gasteiger partial charge on any atom is 0.260 e. The molecule has 1 saturated heterocycles. The number of aryl methyl sites for hydroxylation is 2. The summed E-state index contributed by atoms with van der Waals surface area (Å²) in [6, 6.07) is 12.0. The predicted octanol–water partition coefficient (Wildman–Crippen LogP) is 2.76. The number of piperidine rings is 1. The molecule has 2 aromatic heterocycles. The highest BCUT2D eigenvalue weighted by atomic mass is 16.5. The molecule has 8 nitrogen and oxygen atoms in total. The third kappa shape index (κ3) is 4.42. The molecule has 1 atom stereocenters. The van der Waals surface area contributed by atoms with Crippen molar-refractivity contribution in [3.05, 3.63) is 77.0 Å². The number of rotatable bonds is 4. The lowest BCUT2D eigenvalue weighted by atomic mass is 10.00. The molecule has 1 aliphatic heterocycles. The monoisotopic (exact) mass is 419 g/mol. The van der Waals surface area contributed by atoms with E-state index in [4.69, 9.17) is 0 Å². The van der Waals surface area contributed by atoms with E-state index in [1.54, 1.807) is 11.0 Å². The third-order valence-electron chi connectivity index (χ3n) is 5.48. The number of benzene rings is 1. The zero-order valence-electron chi connectivity index (χ0n) is 17.6. The van der Waals surface area contributed by atoms with Crippen LogP contribution in [0.5, 0.6) is 0 Å². The van der Waals surface area contributed by atoms with Crippen molar-refractivity contribution in [1.29, 1.82) is 0 Å². The van der Waals surface area contributed by atoms with Crippen LogP contribution in [-0.4, -0.2) is 39.1 Å². The van der Waals surface area contributed by atoms with Gasteiger partial charge in [0.1, 0.15) is 11.6 Å². The molecule has 3 aromatic rings. The van der Waals surface area contributed by atoms with Crippen molar-refractivity contribution >= 4 is 17.5 Å². The number of pyridine rings is 1. The van der Waals surface area contributed by atoms with Gasteiger partial charge in [0.25, 0.3) is 5.91 Å². The molecular weight excluding hydrogens is 394 g/mol. The molecule has 160 valence electrons. The van der Waals surface area contributed by atoms with Crippen LogP contribution in [0.4, 0.5) is 5.69 Å². The SMILES string of the molecule is Cc1cc(C)n(-c2ccc(NC(=O)[C@@H]3CCCCN3C(=O)c3ccc[n+]([O-])c3)cc2)n1. The number of hydrogen-bond acceptors (Lipinski definition) is 4. The zero-order valence-corrected chi connectivity index (χ0v) is 17.6. The van der Waals surface area contributed by atoms with Crippen molar-refractivity contribution in [2.24, 2.45) is 0 Å². The predicted molar refractivity (Wildman–Crippen MR) is 116 cm³/mol. The van der Waals surface area contributed by atoms with Gasteiger partial charge < -0.3 is 15.4 Å². The van der Waals surface area contributed by atoms with Crippen molar-refractivity contribution in [1.82, 2.24) is 14.7 Å². The molecule has 0 radical (unpaired) electrons. The number of carbonyl (C=O) groups excluding carboxylic acids is 2. The minimum absolute atomic E-state index is 0.224. The van der Waals surface area contributed by atoms with Gasteiger partial charge in [-0.3, -0.25) is 9.59 Å². The molecule has 1 aromatic carbocycles. The Kier molecular flexibility index (Phi) is 5.70. The van der Waals surface area contributed by atoms with Crippen LogP contribution in [0.15, 0.2) is 54.9 Å². The summed E-state index contributed by atoms with van der Waals surface area (Å²) >= 11 is 0. The molecule has 0 saturated carbocycles. The Morgan fingerprint density at radius 2 is 1.94 bits per heavy atom.